The van der Waals surface area contributed by atoms with Crippen molar-refractivity contribution >= 4 is 11.9 Å². The molecular weight excluding hydrogens is 731 g/mol. The van der Waals surface area contributed by atoms with Crippen molar-refractivity contribution in [2.45, 2.75) is 289 Å². The summed E-state index contributed by atoms with van der Waals surface area (Å²) >= 11 is 0. The first kappa shape index (κ1) is 57.3. The molecule has 0 aliphatic carbocycles. The fourth-order valence-corrected chi connectivity index (χ4v) is 7.96. The molecule has 3 N–H and O–H groups in total. The predicted molar refractivity (Wildman–Crippen MR) is 255 cm³/mol. The van der Waals surface area contributed by atoms with Gasteiger partial charge in [-0.05, 0) is 57.8 Å². The van der Waals surface area contributed by atoms with E-state index >= 15 is 0 Å². The molecule has 0 aromatic rings. The van der Waals surface area contributed by atoms with Gasteiger partial charge in [-0.15, -0.1) is 0 Å². The molecule has 0 aromatic carbocycles. The molecule has 0 saturated heterocycles. The summed E-state index contributed by atoms with van der Waals surface area (Å²) in [6.07, 6.45) is 57.1. The lowest BCUT2D eigenvalue weighted by Crippen LogP contribution is -2.45. The SMILES string of the molecule is CCCCC/C=C\C/C=C\CCCCCCCCCC(=O)OCCCCCCCCCCCC(=O)NC(CO)C(O)CCCCCCCCCCCCCCCCCC. The number of aliphatic hydroxyl groups is 2. The highest BCUT2D eigenvalue weighted by Crippen LogP contribution is 2.16. The van der Waals surface area contributed by atoms with E-state index in [2.05, 4.69) is 43.5 Å². The van der Waals surface area contributed by atoms with Gasteiger partial charge in [0.05, 0.1) is 25.4 Å². The number of carbonyl (C=O) groups is 2. The van der Waals surface area contributed by atoms with Gasteiger partial charge in [0.2, 0.25) is 5.91 Å². The molecule has 0 aromatic heterocycles. The first-order chi connectivity index (χ1) is 29.0. The second kappa shape index (κ2) is 49.0. The minimum atomic E-state index is -0.682. The Hall–Kier alpha value is -1.66. The Kier molecular flexibility index (Phi) is 47.6. The summed E-state index contributed by atoms with van der Waals surface area (Å²) in [4.78, 5) is 24.5. The number of unbranched alkanes of at least 4 members (excludes halogenated alkanes) is 33. The van der Waals surface area contributed by atoms with E-state index in [1.54, 1.807) is 0 Å². The minimum Gasteiger partial charge on any atom is -0.466 e. The number of nitrogens with one attached hydrogen (secondary N) is 1. The van der Waals surface area contributed by atoms with Crippen LogP contribution in [0.2, 0.25) is 0 Å². The molecule has 59 heavy (non-hydrogen) atoms. The molecule has 0 fully saturated rings. The zero-order chi connectivity index (χ0) is 43.0. The van der Waals surface area contributed by atoms with Crippen molar-refractivity contribution < 1.29 is 24.5 Å². The van der Waals surface area contributed by atoms with Gasteiger partial charge >= 0.3 is 5.97 Å². The van der Waals surface area contributed by atoms with E-state index < -0.39 is 12.1 Å². The number of esters is 1. The highest BCUT2D eigenvalue weighted by molar-refractivity contribution is 5.76. The summed E-state index contributed by atoms with van der Waals surface area (Å²) in [5.41, 5.74) is 0. The van der Waals surface area contributed by atoms with Gasteiger partial charge in [0, 0.05) is 12.8 Å². The number of carbonyl (C=O) groups excluding carboxylic acids is 2. The normalized spacial score (nSPS) is 12.8. The van der Waals surface area contributed by atoms with E-state index in [0.717, 1.165) is 64.2 Å². The summed E-state index contributed by atoms with van der Waals surface area (Å²) in [6, 6.07) is -0.562. The Labute approximate surface area is 367 Å². The maximum Gasteiger partial charge on any atom is 0.305 e. The zero-order valence-corrected chi connectivity index (χ0v) is 39.5. The first-order valence-electron chi connectivity index (χ1n) is 26.1. The number of amides is 1. The molecule has 0 bridgehead atoms. The van der Waals surface area contributed by atoms with Gasteiger partial charge < -0.3 is 20.3 Å². The van der Waals surface area contributed by atoms with Gasteiger partial charge in [0.25, 0.3) is 0 Å². The Morgan fingerprint density at radius 2 is 0.847 bits per heavy atom. The van der Waals surface area contributed by atoms with E-state index in [1.165, 1.54) is 180 Å². The summed E-state index contributed by atoms with van der Waals surface area (Å²) in [5, 5.41) is 23.2. The maximum atomic E-state index is 12.5. The topological polar surface area (TPSA) is 95.9 Å². The molecule has 2 atom stereocenters. The van der Waals surface area contributed by atoms with Crippen molar-refractivity contribution in [3.05, 3.63) is 24.3 Å². The van der Waals surface area contributed by atoms with Gasteiger partial charge in [0.15, 0.2) is 0 Å². The lowest BCUT2D eigenvalue weighted by Gasteiger charge is -2.22. The Bertz CT molecular complexity index is 920. The van der Waals surface area contributed by atoms with Crippen LogP contribution in [0.15, 0.2) is 24.3 Å². The zero-order valence-electron chi connectivity index (χ0n) is 39.5. The Morgan fingerprint density at radius 1 is 0.475 bits per heavy atom. The quantitative estimate of drug-likeness (QED) is 0.0322. The molecule has 0 aliphatic rings. The summed E-state index contributed by atoms with van der Waals surface area (Å²) < 4.78 is 5.45. The van der Waals surface area contributed by atoms with Crippen molar-refractivity contribution in [2.75, 3.05) is 13.2 Å². The lowest BCUT2D eigenvalue weighted by atomic mass is 10.0. The standard InChI is InChI=1S/C53H101NO5/c1-3-5-7-9-11-13-15-17-19-21-23-25-27-31-35-39-43-47-53(58)59-48-44-40-36-32-28-30-34-38-42-46-52(57)54-50(49-55)51(56)45-41-37-33-29-26-24-22-20-18-16-14-12-10-8-6-4-2/h11,13,17,19,50-51,55-56H,3-10,12,14-16,18,20-49H2,1-2H3,(H,54,57)/b13-11-,19-17-. The smallest absolute Gasteiger partial charge is 0.305 e. The average molecular weight is 832 g/mol. The van der Waals surface area contributed by atoms with Crippen molar-refractivity contribution in [3.8, 4) is 0 Å². The minimum absolute atomic E-state index is 0.0325. The largest absolute Gasteiger partial charge is 0.466 e. The number of allylic oxidation sites excluding steroid dienone is 4. The number of rotatable bonds is 48. The molecule has 0 rings (SSSR count). The van der Waals surface area contributed by atoms with Gasteiger partial charge in [-0.1, -0.05) is 231 Å². The van der Waals surface area contributed by atoms with Crippen LogP contribution in [-0.4, -0.2) is 47.4 Å². The van der Waals surface area contributed by atoms with Crippen LogP contribution in [0.5, 0.6) is 0 Å². The van der Waals surface area contributed by atoms with Crippen LogP contribution >= 0.6 is 0 Å². The molecule has 0 radical (unpaired) electrons. The van der Waals surface area contributed by atoms with Crippen LogP contribution in [0.1, 0.15) is 277 Å². The molecule has 2 unspecified atom stereocenters. The molecule has 348 valence electrons. The molecule has 1 amide bonds. The monoisotopic (exact) mass is 832 g/mol. The van der Waals surface area contributed by atoms with Gasteiger partial charge in [-0.3, -0.25) is 9.59 Å². The summed E-state index contributed by atoms with van der Waals surface area (Å²) in [7, 11) is 0. The first-order valence-corrected chi connectivity index (χ1v) is 26.1. The molecular formula is C53H101NO5. The highest BCUT2D eigenvalue weighted by Gasteiger charge is 2.20. The van der Waals surface area contributed by atoms with Crippen molar-refractivity contribution in [3.63, 3.8) is 0 Å². The lowest BCUT2D eigenvalue weighted by molar-refractivity contribution is -0.143. The van der Waals surface area contributed by atoms with Crippen LogP contribution in [0.4, 0.5) is 0 Å². The molecule has 0 saturated carbocycles. The number of ether oxygens (including phenoxy) is 1. The Morgan fingerprint density at radius 3 is 1.32 bits per heavy atom. The number of aliphatic hydroxyl groups excluding tert-OH is 2. The summed E-state index contributed by atoms with van der Waals surface area (Å²) in [6.45, 7) is 4.87. The van der Waals surface area contributed by atoms with Gasteiger partial charge in [-0.25, -0.2) is 0 Å². The molecule has 0 spiro atoms. The number of hydrogen-bond acceptors (Lipinski definition) is 5. The Balaban J connectivity index is 3.49. The van der Waals surface area contributed by atoms with Crippen LogP contribution in [0.25, 0.3) is 0 Å². The van der Waals surface area contributed by atoms with Crippen molar-refractivity contribution in [1.82, 2.24) is 5.32 Å². The van der Waals surface area contributed by atoms with Crippen LogP contribution in [-0.2, 0) is 14.3 Å². The molecule has 0 aliphatic heterocycles. The second-order valence-corrected chi connectivity index (χ2v) is 17.9. The third-order valence-corrected chi connectivity index (χ3v) is 12.0. The highest BCUT2D eigenvalue weighted by atomic mass is 16.5. The van der Waals surface area contributed by atoms with Crippen LogP contribution in [0.3, 0.4) is 0 Å². The fraction of sp³-hybridized carbons (Fsp3) is 0.887. The third-order valence-electron chi connectivity index (χ3n) is 12.0. The van der Waals surface area contributed by atoms with Gasteiger partial charge in [0.1, 0.15) is 0 Å². The van der Waals surface area contributed by atoms with E-state index in [9.17, 15) is 19.8 Å². The number of hydrogen-bond donors (Lipinski definition) is 3. The van der Waals surface area contributed by atoms with Crippen molar-refractivity contribution in [2.24, 2.45) is 0 Å². The summed E-state index contributed by atoms with van der Waals surface area (Å²) in [5.74, 6) is -0.0947. The van der Waals surface area contributed by atoms with E-state index in [4.69, 9.17) is 4.74 Å². The van der Waals surface area contributed by atoms with E-state index in [0.29, 0.717) is 25.9 Å². The fourth-order valence-electron chi connectivity index (χ4n) is 7.96. The average Bonchev–Trinajstić information content (AvgIpc) is 3.24. The molecule has 6 heteroatoms. The van der Waals surface area contributed by atoms with E-state index in [1.807, 2.05) is 0 Å². The third kappa shape index (κ3) is 45.7. The molecule has 6 nitrogen and oxygen atoms in total. The van der Waals surface area contributed by atoms with Crippen LogP contribution in [0, 0.1) is 0 Å². The molecule has 0 heterocycles. The van der Waals surface area contributed by atoms with E-state index in [-0.39, 0.29) is 18.5 Å². The maximum absolute atomic E-state index is 12.5. The second-order valence-electron chi connectivity index (χ2n) is 17.9. The van der Waals surface area contributed by atoms with Gasteiger partial charge in [-0.2, -0.15) is 0 Å². The van der Waals surface area contributed by atoms with Crippen molar-refractivity contribution in [1.29, 1.82) is 0 Å². The predicted octanol–water partition coefficient (Wildman–Crippen LogP) is 15.5. The van der Waals surface area contributed by atoms with Crippen LogP contribution < -0.4 is 5.32 Å².